The quantitative estimate of drug-likeness (QED) is 0.911. The van der Waals surface area contributed by atoms with E-state index in [1.165, 1.54) is 0 Å². The van der Waals surface area contributed by atoms with E-state index in [1.807, 2.05) is 30.3 Å². The van der Waals surface area contributed by atoms with E-state index in [0.717, 1.165) is 48.9 Å². The number of nitrogens with one attached hydrogen (secondary N) is 1. The molecule has 120 valence electrons. The van der Waals surface area contributed by atoms with Crippen LogP contribution in [0.3, 0.4) is 0 Å². The van der Waals surface area contributed by atoms with Crippen LogP contribution < -0.4 is 10.2 Å². The number of carbonyl (C=O) groups is 1. The van der Waals surface area contributed by atoms with Crippen molar-refractivity contribution in [2.75, 3.05) is 18.0 Å². The highest BCUT2D eigenvalue weighted by molar-refractivity contribution is 6.07. The predicted octanol–water partition coefficient (Wildman–Crippen LogP) is 2.09. The molecule has 4 rings (SSSR count). The summed E-state index contributed by atoms with van der Waals surface area (Å²) >= 11 is 0. The lowest BCUT2D eigenvalue weighted by Crippen LogP contribution is -2.39. The zero-order valence-corrected chi connectivity index (χ0v) is 13.0. The van der Waals surface area contributed by atoms with Crippen molar-refractivity contribution in [1.29, 1.82) is 0 Å². The van der Waals surface area contributed by atoms with Crippen molar-refractivity contribution in [3.8, 4) is 0 Å². The molecule has 1 amide bonds. The van der Waals surface area contributed by atoms with Crippen LogP contribution in [0.15, 0.2) is 30.3 Å². The number of anilines is 1. The third-order valence-electron chi connectivity index (χ3n) is 4.58. The van der Waals surface area contributed by atoms with Gasteiger partial charge in [0.1, 0.15) is 5.82 Å². The topological polar surface area (TPSA) is 65.5 Å². The average Bonchev–Trinajstić information content (AvgIpc) is 3.37. The molecule has 0 spiro atoms. The number of carbonyl (C=O) groups excluding carboxylic acids is 1. The number of pyridine rings is 1. The van der Waals surface area contributed by atoms with Gasteiger partial charge in [0.05, 0.1) is 17.2 Å². The maximum absolute atomic E-state index is 12.6. The van der Waals surface area contributed by atoms with Crippen molar-refractivity contribution >= 4 is 22.6 Å². The first-order valence-corrected chi connectivity index (χ1v) is 8.34. The lowest BCUT2D eigenvalue weighted by molar-refractivity contribution is 0.0952. The number of piperidine rings is 1. The molecule has 0 bridgehead atoms. The van der Waals surface area contributed by atoms with Gasteiger partial charge in [0, 0.05) is 24.5 Å². The SMILES string of the molecule is O=C(NC1CC1)c1cc(N2CCCC(O)C2)nc2ccccc12. The molecule has 1 saturated carbocycles. The summed E-state index contributed by atoms with van der Waals surface area (Å²) in [5.74, 6) is 0.758. The summed E-state index contributed by atoms with van der Waals surface area (Å²) in [5.41, 5.74) is 1.50. The molecule has 1 saturated heterocycles. The zero-order chi connectivity index (χ0) is 15.8. The van der Waals surface area contributed by atoms with Crippen LogP contribution in [0.2, 0.25) is 0 Å². The molecular weight excluding hydrogens is 290 g/mol. The van der Waals surface area contributed by atoms with Crippen molar-refractivity contribution in [3.05, 3.63) is 35.9 Å². The fraction of sp³-hybridized carbons (Fsp3) is 0.444. The van der Waals surface area contributed by atoms with Gasteiger partial charge in [-0.3, -0.25) is 4.79 Å². The van der Waals surface area contributed by atoms with E-state index in [4.69, 9.17) is 4.98 Å². The van der Waals surface area contributed by atoms with E-state index >= 15 is 0 Å². The Kier molecular flexibility index (Phi) is 3.65. The van der Waals surface area contributed by atoms with Crippen LogP contribution in [-0.4, -0.2) is 41.2 Å². The van der Waals surface area contributed by atoms with Gasteiger partial charge in [-0.2, -0.15) is 0 Å². The number of aromatic nitrogens is 1. The molecule has 1 unspecified atom stereocenters. The summed E-state index contributed by atoms with van der Waals surface area (Å²) in [6, 6.07) is 9.95. The number of nitrogens with zero attached hydrogens (tertiary/aromatic N) is 2. The van der Waals surface area contributed by atoms with Gasteiger partial charge in [-0.15, -0.1) is 0 Å². The van der Waals surface area contributed by atoms with Crippen LogP contribution >= 0.6 is 0 Å². The number of amides is 1. The van der Waals surface area contributed by atoms with Gasteiger partial charge in [0.25, 0.3) is 5.91 Å². The zero-order valence-electron chi connectivity index (χ0n) is 13.0. The molecule has 2 aliphatic rings. The number of β-amino-alcohol motifs (C(OH)–C–C–N with tert-alkyl or cyclic N) is 1. The number of aliphatic hydroxyl groups is 1. The first-order valence-electron chi connectivity index (χ1n) is 8.34. The molecule has 5 nitrogen and oxygen atoms in total. The van der Waals surface area contributed by atoms with Gasteiger partial charge >= 0.3 is 0 Å². The van der Waals surface area contributed by atoms with Crippen LogP contribution in [0, 0.1) is 0 Å². The lowest BCUT2D eigenvalue weighted by atomic mass is 10.1. The first-order chi connectivity index (χ1) is 11.2. The normalized spacial score (nSPS) is 21.4. The lowest BCUT2D eigenvalue weighted by Gasteiger charge is -2.31. The molecule has 2 fully saturated rings. The van der Waals surface area contributed by atoms with E-state index in [1.54, 1.807) is 0 Å². The summed E-state index contributed by atoms with van der Waals surface area (Å²) < 4.78 is 0. The molecule has 0 radical (unpaired) electrons. The largest absolute Gasteiger partial charge is 0.391 e. The summed E-state index contributed by atoms with van der Waals surface area (Å²) in [5, 5.41) is 13.9. The molecule has 1 aromatic carbocycles. The maximum atomic E-state index is 12.6. The van der Waals surface area contributed by atoms with E-state index < -0.39 is 0 Å². The van der Waals surface area contributed by atoms with Crippen LogP contribution in [0.1, 0.15) is 36.0 Å². The molecule has 1 atom stereocenters. The Morgan fingerprint density at radius 1 is 1.26 bits per heavy atom. The van der Waals surface area contributed by atoms with Crippen molar-refractivity contribution in [1.82, 2.24) is 10.3 Å². The van der Waals surface area contributed by atoms with Crippen LogP contribution in [0.25, 0.3) is 10.9 Å². The van der Waals surface area contributed by atoms with E-state index in [9.17, 15) is 9.90 Å². The summed E-state index contributed by atoms with van der Waals surface area (Å²) in [6.45, 7) is 1.45. The van der Waals surface area contributed by atoms with Crippen LogP contribution in [-0.2, 0) is 0 Å². The second-order valence-electron chi connectivity index (χ2n) is 6.53. The summed E-state index contributed by atoms with van der Waals surface area (Å²) in [4.78, 5) is 19.4. The number of hydrogen-bond acceptors (Lipinski definition) is 4. The highest BCUT2D eigenvalue weighted by Gasteiger charge is 2.26. The molecule has 5 heteroatoms. The van der Waals surface area contributed by atoms with Gasteiger partial charge in [-0.25, -0.2) is 4.98 Å². The Hall–Kier alpha value is -2.14. The Morgan fingerprint density at radius 2 is 2.09 bits per heavy atom. The van der Waals surface area contributed by atoms with Gasteiger partial charge in [0.2, 0.25) is 0 Å². The fourth-order valence-corrected chi connectivity index (χ4v) is 3.16. The second-order valence-corrected chi connectivity index (χ2v) is 6.53. The Bertz CT molecular complexity index is 742. The molecule has 1 aliphatic carbocycles. The summed E-state index contributed by atoms with van der Waals surface area (Å²) in [7, 11) is 0. The third kappa shape index (κ3) is 3.01. The van der Waals surface area contributed by atoms with Crippen molar-refractivity contribution in [3.63, 3.8) is 0 Å². The fourth-order valence-electron chi connectivity index (χ4n) is 3.16. The number of aliphatic hydroxyl groups excluding tert-OH is 1. The highest BCUT2D eigenvalue weighted by Crippen LogP contribution is 2.26. The minimum absolute atomic E-state index is 0.0232. The number of fused-ring (bicyclic) bond motifs is 1. The highest BCUT2D eigenvalue weighted by atomic mass is 16.3. The minimum atomic E-state index is -0.319. The monoisotopic (exact) mass is 311 g/mol. The Labute approximate surface area is 135 Å². The van der Waals surface area contributed by atoms with E-state index in [0.29, 0.717) is 18.2 Å². The van der Waals surface area contributed by atoms with E-state index in [-0.39, 0.29) is 12.0 Å². The van der Waals surface area contributed by atoms with Crippen LogP contribution in [0.5, 0.6) is 0 Å². The molecule has 2 N–H and O–H groups in total. The molecule has 1 aliphatic heterocycles. The Balaban J connectivity index is 1.74. The second kappa shape index (κ2) is 5.81. The Morgan fingerprint density at radius 3 is 2.87 bits per heavy atom. The first kappa shape index (κ1) is 14.5. The average molecular weight is 311 g/mol. The number of para-hydroxylation sites is 1. The van der Waals surface area contributed by atoms with Gasteiger partial charge in [0.15, 0.2) is 0 Å². The molecule has 23 heavy (non-hydrogen) atoms. The van der Waals surface area contributed by atoms with Crippen molar-refractivity contribution in [2.24, 2.45) is 0 Å². The number of hydrogen-bond donors (Lipinski definition) is 2. The van der Waals surface area contributed by atoms with Crippen LogP contribution in [0.4, 0.5) is 5.82 Å². The number of benzene rings is 1. The molecular formula is C18H21N3O2. The minimum Gasteiger partial charge on any atom is -0.391 e. The van der Waals surface area contributed by atoms with E-state index in [2.05, 4.69) is 10.2 Å². The standard InChI is InChI=1S/C18H21N3O2/c22-13-4-3-9-21(11-13)17-10-15(18(23)19-12-7-8-12)14-5-1-2-6-16(14)20-17/h1-2,5-6,10,12-13,22H,3-4,7-9,11H2,(H,19,23). The molecule has 1 aromatic heterocycles. The summed E-state index contributed by atoms with van der Waals surface area (Å²) in [6.07, 6.45) is 3.60. The molecule has 2 heterocycles. The number of rotatable bonds is 3. The smallest absolute Gasteiger partial charge is 0.252 e. The van der Waals surface area contributed by atoms with Gasteiger partial charge in [-0.05, 0) is 37.8 Å². The van der Waals surface area contributed by atoms with Crippen molar-refractivity contribution in [2.45, 2.75) is 37.8 Å². The molecule has 2 aromatic rings. The maximum Gasteiger partial charge on any atom is 0.252 e. The van der Waals surface area contributed by atoms with Gasteiger partial charge < -0.3 is 15.3 Å². The predicted molar refractivity (Wildman–Crippen MR) is 89.7 cm³/mol. The van der Waals surface area contributed by atoms with Crippen molar-refractivity contribution < 1.29 is 9.90 Å². The van der Waals surface area contributed by atoms with Gasteiger partial charge in [-0.1, -0.05) is 18.2 Å². The third-order valence-corrected chi connectivity index (χ3v) is 4.58.